The lowest BCUT2D eigenvalue weighted by Gasteiger charge is -2.11. The van der Waals surface area contributed by atoms with Crippen molar-refractivity contribution in [2.75, 3.05) is 13.7 Å². The molecular formula is C21H16FNO4S. The Morgan fingerprint density at radius 1 is 1.21 bits per heavy atom. The zero-order chi connectivity index (χ0) is 20.1. The molecule has 0 bridgehead atoms. The van der Waals surface area contributed by atoms with Crippen LogP contribution < -0.4 is 9.47 Å². The van der Waals surface area contributed by atoms with E-state index >= 15 is 0 Å². The summed E-state index contributed by atoms with van der Waals surface area (Å²) in [7, 11) is 1.49. The molecule has 2 amide bonds. The number of imide groups is 1. The monoisotopic (exact) mass is 397 g/mol. The van der Waals surface area contributed by atoms with Gasteiger partial charge in [-0.2, -0.15) is 0 Å². The Hall–Kier alpha value is -3.24. The van der Waals surface area contributed by atoms with Crippen LogP contribution in [0.3, 0.4) is 0 Å². The molecule has 0 atom stereocenters. The summed E-state index contributed by atoms with van der Waals surface area (Å²) in [4.78, 5) is 25.4. The van der Waals surface area contributed by atoms with E-state index in [0.29, 0.717) is 22.6 Å². The highest BCUT2D eigenvalue weighted by Gasteiger charge is 2.34. The molecule has 0 N–H and O–H groups in total. The number of hydrogen-bond donors (Lipinski definition) is 0. The SMILES string of the molecule is C#CCN1C(=O)SC(=Cc2ccc(OCc3cccc(F)c3)c(OC)c2)C1=O. The first kappa shape index (κ1) is 19.5. The number of halogens is 1. The Morgan fingerprint density at radius 2 is 2.04 bits per heavy atom. The molecule has 1 saturated heterocycles. The first-order valence-corrected chi connectivity index (χ1v) is 9.07. The summed E-state index contributed by atoms with van der Waals surface area (Å²) < 4.78 is 24.3. The predicted octanol–water partition coefficient (Wildman–Crippen LogP) is 4.08. The fourth-order valence-corrected chi connectivity index (χ4v) is 3.40. The highest BCUT2D eigenvalue weighted by molar-refractivity contribution is 8.18. The number of benzene rings is 2. The number of nitrogens with zero attached hydrogens (tertiary/aromatic N) is 1. The van der Waals surface area contributed by atoms with Gasteiger partial charge in [0.1, 0.15) is 12.4 Å². The molecule has 2 aromatic rings. The van der Waals surface area contributed by atoms with E-state index in [-0.39, 0.29) is 23.9 Å². The molecule has 28 heavy (non-hydrogen) atoms. The maximum absolute atomic E-state index is 13.3. The van der Waals surface area contributed by atoms with Gasteiger partial charge in [-0.05, 0) is 53.2 Å². The van der Waals surface area contributed by atoms with Crippen LogP contribution in [0.4, 0.5) is 9.18 Å². The maximum atomic E-state index is 13.3. The van der Waals surface area contributed by atoms with Crippen molar-refractivity contribution in [3.8, 4) is 23.8 Å². The average Bonchev–Trinajstić information content (AvgIpc) is 2.94. The van der Waals surface area contributed by atoms with Crippen molar-refractivity contribution in [1.82, 2.24) is 4.90 Å². The van der Waals surface area contributed by atoms with Crippen LogP contribution in [-0.2, 0) is 11.4 Å². The zero-order valence-electron chi connectivity index (χ0n) is 15.0. The number of amides is 2. The topological polar surface area (TPSA) is 55.8 Å². The smallest absolute Gasteiger partial charge is 0.294 e. The Labute approximate surface area is 166 Å². The van der Waals surface area contributed by atoms with Crippen molar-refractivity contribution >= 4 is 29.0 Å². The van der Waals surface area contributed by atoms with Crippen molar-refractivity contribution in [1.29, 1.82) is 0 Å². The second-order valence-corrected chi connectivity index (χ2v) is 6.79. The molecule has 1 aliphatic heterocycles. The number of ether oxygens (including phenoxy) is 2. The van der Waals surface area contributed by atoms with E-state index in [4.69, 9.17) is 15.9 Å². The molecule has 0 radical (unpaired) electrons. The van der Waals surface area contributed by atoms with Crippen LogP contribution in [0.2, 0.25) is 0 Å². The van der Waals surface area contributed by atoms with E-state index in [9.17, 15) is 14.0 Å². The minimum atomic E-state index is -0.418. The molecule has 0 saturated carbocycles. The van der Waals surface area contributed by atoms with E-state index in [1.165, 1.54) is 19.2 Å². The van der Waals surface area contributed by atoms with Crippen molar-refractivity contribution in [3.05, 3.63) is 64.3 Å². The molecule has 0 aliphatic carbocycles. The molecule has 1 fully saturated rings. The van der Waals surface area contributed by atoms with Crippen molar-refractivity contribution in [2.24, 2.45) is 0 Å². The molecular weight excluding hydrogens is 381 g/mol. The summed E-state index contributed by atoms with van der Waals surface area (Å²) in [6.07, 6.45) is 6.79. The summed E-state index contributed by atoms with van der Waals surface area (Å²) in [6.45, 7) is 0.122. The zero-order valence-corrected chi connectivity index (χ0v) is 15.8. The number of carbonyl (C=O) groups excluding carboxylic acids is 2. The number of terminal acetylenes is 1. The van der Waals surface area contributed by atoms with Crippen LogP contribution in [0, 0.1) is 18.2 Å². The number of rotatable bonds is 6. The third kappa shape index (κ3) is 4.35. The fraction of sp³-hybridized carbons (Fsp3) is 0.143. The summed E-state index contributed by atoms with van der Waals surface area (Å²) in [5.41, 5.74) is 1.36. The Morgan fingerprint density at radius 3 is 2.75 bits per heavy atom. The third-order valence-corrected chi connectivity index (χ3v) is 4.80. The van der Waals surface area contributed by atoms with Gasteiger partial charge in [-0.3, -0.25) is 14.5 Å². The molecule has 142 valence electrons. The number of methoxy groups -OCH3 is 1. The molecule has 1 aliphatic rings. The molecule has 2 aromatic carbocycles. The van der Waals surface area contributed by atoms with Gasteiger partial charge in [0.25, 0.3) is 11.1 Å². The van der Waals surface area contributed by atoms with Crippen molar-refractivity contribution in [2.45, 2.75) is 6.61 Å². The van der Waals surface area contributed by atoms with E-state index in [0.717, 1.165) is 16.7 Å². The van der Waals surface area contributed by atoms with Gasteiger partial charge in [0.15, 0.2) is 11.5 Å². The van der Waals surface area contributed by atoms with Gasteiger partial charge < -0.3 is 9.47 Å². The number of carbonyl (C=O) groups is 2. The first-order chi connectivity index (χ1) is 13.5. The quantitative estimate of drug-likeness (QED) is 0.543. The third-order valence-electron chi connectivity index (χ3n) is 3.89. The van der Waals surface area contributed by atoms with Crippen LogP contribution in [0.1, 0.15) is 11.1 Å². The van der Waals surface area contributed by atoms with E-state index in [1.54, 1.807) is 36.4 Å². The molecule has 0 spiro atoms. The summed E-state index contributed by atoms with van der Waals surface area (Å²) in [5, 5.41) is -0.392. The van der Waals surface area contributed by atoms with Gasteiger partial charge in [0.05, 0.1) is 18.6 Å². The molecule has 0 unspecified atom stereocenters. The lowest BCUT2D eigenvalue weighted by Crippen LogP contribution is -2.28. The number of thioether (sulfide) groups is 1. The second kappa shape index (κ2) is 8.63. The van der Waals surface area contributed by atoms with Gasteiger partial charge in [0.2, 0.25) is 0 Å². The fourth-order valence-electron chi connectivity index (χ4n) is 2.56. The minimum Gasteiger partial charge on any atom is -0.493 e. The van der Waals surface area contributed by atoms with Crippen LogP contribution in [-0.4, -0.2) is 29.7 Å². The highest BCUT2D eigenvalue weighted by Crippen LogP contribution is 2.34. The molecule has 0 aromatic heterocycles. The first-order valence-electron chi connectivity index (χ1n) is 8.26. The molecule has 1 heterocycles. The van der Waals surface area contributed by atoms with E-state index in [1.807, 2.05) is 0 Å². The minimum absolute atomic E-state index is 0.0574. The second-order valence-electron chi connectivity index (χ2n) is 5.80. The lowest BCUT2D eigenvalue weighted by molar-refractivity contribution is -0.122. The Bertz CT molecular complexity index is 996. The van der Waals surface area contributed by atoms with Crippen LogP contribution in [0.15, 0.2) is 47.4 Å². The van der Waals surface area contributed by atoms with Crippen LogP contribution in [0.25, 0.3) is 6.08 Å². The van der Waals surface area contributed by atoms with Gasteiger partial charge in [-0.25, -0.2) is 4.39 Å². The van der Waals surface area contributed by atoms with Crippen LogP contribution >= 0.6 is 11.8 Å². The summed E-state index contributed by atoms with van der Waals surface area (Å²) >= 11 is 0.839. The average molecular weight is 397 g/mol. The van der Waals surface area contributed by atoms with E-state index in [2.05, 4.69) is 5.92 Å². The van der Waals surface area contributed by atoms with Gasteiger partial charge >= 0.3 is 0 Å². The molecule has 3 rings (SSSR count). The van der Waals surface area contributed by atoms with Gasteiger partial charge in [-0.1, -0.05) is 24.1 Å². The largest absolute Gasteiger partial charge is 0.493 e. The lowest BCUT2D eigenvalue weighted by atomic mass is 10.1. The summed E-state index contributed by atoms with van der Waals surface area (Å²) in [6, 6.07) is 11.2. The Kier molecular flexibility index (Phi) is 6.02. The summed E-state index contributed by atoms with van der Waals surface area (Å²) in [5.74, 6) is 2.47. The highest BCUT2D eigenvalue weighted by atomic mass is 32.2. The van der Waals surface area contributed by atoms with E-state index < -0.39 is 11.1 Å². The van der Waals surface area contributed by atoms with Crippen LogP contribution in [0.5, 0.6) is 11.5 Å². The predicted molar refractivity (Wildman–Crippen MR) is 105 cm³/mol. The normalized spacial score (nSPS) is 15.0. The number of hydrogen-bond acceptors (Lipinski definition) is 5. The van der Waals surface area contributed by atoms with Crippen molar-refractivity contribution < 1.29 is 23.5 Å². The molecule has 5 nitrogen and oxygen atoms in total. The maximum Gasteiger partial charge on any atom is 0.294 e. The Balaban J connectivity index is 1.77. The standard InChI is InChI=1S/C21H16FNO4S/c1-3-9-23-20(24)19(28-21(23)25)12-14-7-8-17(18(11-14)26-2)27-13-15-5-4-6-16(22)10-15/h1,4-8,10-12H,9,13H2,2H3. The molecule has 7 heteroatoms. The van der Waals surface area contributed by atoms with Crippen molar-refractivity contribution in [3.63, 3.8) is 0 Å². The van der Waals surface area contributed by atoms with Gasteiger partial charge in [0, 0.05) is 0 Å². The van der Waals surface area contributed by atoms with Gasteiger partial charge in [-0.15, -0.1) is 6.42 Å².